The summed E-state index contributed by atoms with van der Waals surface area (Å²) >= 11 is 12.0. The maximum absolute atomic E-state index is 12.5. The SMILES string of the molecule is Cc1cccc(S(=O)(=O)Cc2c(Cl)cccc2Cl)c1N. The molecule has 0 spiro atoms. The first-order valence-electron chi connectivity index (χ1n) is 5.83. The van der Waals surface area contributed by atoms with Crippen LogP contribution in [0.1, 0.15) is 11.1 Å². The third kappa shape index (κ3) is 2.92. The van der Waals surface area contributed by atoms with E-state index in [0.29, 0.717) is 15.6 Å². The van der Waals surface area contributed by atoms with Gasteiger partial charge in [-0.05, 0) is 30.7 Å². The van der Waals surface area contributed by atoms with Crippen LogP contribution in [0.15, 0.2) is 41.3 Å². The van der Waals surface area contributed by atoms with Gasteiger partial charge in [0.1, 0.15) is 0 Å². The molecule has 0 aromatic heterocycles. The molecule has 0 saturated carbocycles. The van der Waals surface area contributed by atoms with Gasteiger partial charge in [0.2, 0.25) is 0 Å². The average Bonchev–Trinajstić information content (AvgIpc) is 2.37. The van der Waals surface area contributed by atoms with Crippen LogP contribution >= 0.6 is 23.2 Å². The van der Waals surface area contributed by atoms with Gasteiger partial charge >= 0.3 is 0 Å². The summed E-state index contributed by atoms with van der Waals surface area (Å²) in [6.45, 7) is 1.76. The number of rotatable bonds is 3. The number of nitrogen functional groups attached to an aromatic ring is 1. The van der Waals surface area contributed by atoms with E-state index in [1.54, 1.807) is 37.3 Å². The maximum atomic E-state index is 12.5. The van der Waals surface area contributed by atoms with E-state index in [2.05, 4.69) is 0 Å². The van der Waals surface area contributed by atoms with Crippen LogP contribution in [0.5, 0.6) is 0 Å². The highest BCUT2D eigenvalue weighted by Gasteiger charge is 2.21. The Kier molecular flexibility index (Phi) is 4.28. The van der Waals surface area contributed by atoms with E-state index in [4.69, 9.17) is 28.9 Å². The second-order valence-corrected chi connectivity index (χ2v) is 7.22. The summed E-state index contributed by atoms with van der Waals surface area (Å²) in [7, 11) is -3.61. The summed E-state index contributed by atoms with van der Waals surface area (Å²) in [4.78, 5) is 0.105. The molecule has 0 saturated heterocycles. The monoisotopic (exact) mass is 329 g/mol. The lowest BCUT2D eigenvalue weighted by Crippen LogP contribution is -2.09. The number of nitrogens with two attached hydrogens (primary N) is 1. The van der Waals surface area contributed by atoms with Crippen molar-refractivity contribution >= 4 is 38.7 Å². The Morgan fingerprint density at radius 2 is 1.60 bits per heavy atom. The number of aryl methyl sites for hydroxylation is 1. The van der Waals surface area contributed by atoms with Gasteiger partial charge in [0, 0.05) is 15.6 Å². The van der Waals surface area contributed by atoms with E-state index < -0.39 is 9.84 Å². The molecular weight excluding hydrogens is 317 g/mol. The normalized spacial score (nSPS) is 11.6. The number of hydrogen-bond donors (Lipinski definition) is 1. The molecule has 0 aliphatic heterocycles. The molecule has 0 unspecified atom stereocenters. The molecular formula is C14H13Cl2NO2S. The summed E-state index contributed by atoms with van der Waals surface area (Å²) in [6, 6.07) is 9.80. The minimum atomic E-state index is -3.61. The van der Waals surface area contributed by atoms with Crippen LogP contribution in [-0.2, 0) is 15.6 Å². The second-order valence-electron chi connectivity index (χ2n) is 4.45. The summed E-state index contributed by atoms with van der Waals surface area (Å²) in [6.07, 6.45) is 0. The zero-order chi connectivity index (χ0) is 14.9. The van der Waals surface area contributed by atoms with Gasteiger partial charge in [0.05, 0.1) is 16.3 Å². The molecule has 0 fully saturated rings. The lowest BCUT2D eigenvalue weighted by Gasteiger charge is -2.11. The minimum absolute atomic E-state index is 0.105. The molecule has 0 aliphatic carbocycles. The minimum Gasteiger partial charge on any atom is -0.397 e. The standard InChI is InChI=1S/C14H13Cl2NO2S/c1-9-4-2-7-13(14(9)17)20(18,19)8-10-11(15)5-3-6-12(10)16/h2-7H,8,17H2,1H3. The van der Waals surface area contributed by atoms with E-state index in [0.717, 1.165) is 5.56 Å². The van der Waals surface area contributed by atoms with Gasteiger partial charge in [-0.2, -0.15) is 0 Å². The fourth-order valence-corrected chi connectivity index (χ4v) is 4.18. The first kappa shape index (κ1) is 15.2. The van der Waals surface area contributed by atoms with Crippen molar-refractivity contribution in [2.75, 3.05) is 5.73 Å². The van der Waals surface area contributed by atoms with Crippen LogP contribution in [0.2, 0.25) is 10.0 Å². The van der Waals surface area contributed by atoms with Crippen molar-refractivity contribution in [2.45, 2.75) is 17.6 Å². The molecule has 0 heterocycles. The number of hydrogen-bond acceptors (Lipinski definition) is 3. The zero-order valence-electron chi connectivity index (χ0n) is 10.7. The van der Waals surface area contributed by atoms with Crippen molar-refractivity contribution < 1.29 is 8.42 Å². The molecule has 0 aliphatic rings. The molecule has 2 N–H and O–H groups in total. The van der Waals surface area contributed by atoms with Crippen LogP contribution in [-0.4, -0.2) is 8.42 Å². The van der Waals surface area contributed by atoms with Gasteiger partial charge in [-0.15, -0.1) is 0 Å². The summed E-state index contributed by atoms with van der Waals surface area (Å²) in [5.74, 6) is -0.279. The van der Waals surface area contributed by atoms with Crippen molar-refractivity contribution in [2.24, 2.45) is 0 Å². The number of anilines is 1. The Bertz CT molecular complexity index is 738. The van der Waals surface area contributed by atoms with Gasteiger partial charge in [-0.1, -0.05) is 41.4 Å². The van der Waals surface area contributed by atoms with Gasteiger partial charge in [0.25, 0.3) is 0 Å². The van der Waals surface area contributed by atoms with E-state index in [9.17, 15) is 8.42 Å². The summed E-state index contributed by atoms with van der Waals surface area (Å²) < 4.78 is 25.0. The fourth-order valence-electron chi connectivity index (χ4n) is 1.86. The Morgan fingerprint density at radius 1 is 1.05 bits per heavy atom. The Hall–Kier alpha value is -1.23. The molecule has 20 heavy (non-hydrogen) atoms. The van der Waals surface area contributed by atoms with E-state index >= 15 is 0 Å². The first-order valence-corrected chi connectivity index (χ1v) is 8.24. The van der Waals surface area contributed by atoms with E-state index in [1.165, 1.54) is 6.07 Å². The third-order valence-corrected chi connectivity index (χ3v) is 5.42. The van der Waals surface area contributed by atoms with Crippen LogP contribution in [0.3, 0.4) is 0 Å². The Balaban J connectivity index is 2.50. The predicted octanol–water partition coefficient (Wildman–Crippen LogP) is 3.86. The second kappa shape index (κ2) is 5.64. The third-order valence-electron chi connectivity index (χ3n) is 3.02. The first-order chi connectivity index (χ1) is 9.33. The zero-order valence-corrected chi connectivity index (χ0v) is 13.1. The van der Waals surface area contributed by atoms with Crippen LogP contribution < -0.4 is 5.73 Å². The Morgan fingerprint density at radius 3 is 2.20 bits per heavy atom. The molecule has 2 rings (SSSR count). The molecule has 2 aromatic carbocycles. The Labute approximate surface area is 128 Å². The van der Waals surface area contributed by atoms with Crippen LogP contribution in [0.25, 0.3) is 0 Å². The molecule has 106 valence electrons. The maximum Gasteiger partial charge on any atom is 0.184 e. The van der Waals surface area contributed by atoms with Crippen molar-refractivity contribution in [1.82, 2.24) is 0 Å². The highest BCUT2D eigenvalue weighted by Crippen LogP contribution is 2.30. The predicted molar refractivity (Wildman–Crippen MR) is 82.9 cm³/mol. The number of halogens is 2. The van der Waals surface area contributed by atoms with E-state index in [-0.39, 0.29) is 16.3 Å². The summed E-state index contributed by atoms with van der Waals surface area (Å²) in [5.41, 5.74) is 7.22. The molecule has 0 radical (unpaired) electrons. The highest BCUT2D eigenvalue weighted by atomic mass is 35.5. The van der Waals surface area contributed by atoms with Gasteiger partial charge in [0.15, 0.2) is 9.84 Å². The fraction of sp³-hybridized carbons (Fsp3) is 0.143. The quantitative estimate of drug-likeness (QED) is 0.870. The van der Waals surface area contributed by atoms with Crippen LogP contribution in [0, 0.1) is 6.92 Å². The largest absolute Gasteiger partial charge is 0.397 e. The number of para-hydroxylation sites is 1. The summed E-state index contributed by atoms with van der Waals surface area (Å²) in [5, 5.41) is 0.652. The topological polar surface area (TPSA) is 60.2 Å². The lowest BCUT2D eigenvalue weighted by molar-refractivity contribution is 0.595. The smallest absolute Gasteiger partial charge is 0.184 e. The highest BCUT2D eigenvalue weighted by molar-refractivity contribution is 7.90. The number of sulfone groups is 1. The molecule has 0 amide bonds. The van der Waals surface area contributed by atoms with Crippen molar-refractivity contribution in [1.29, 1.82) is 0 Å². The van der Waals surface area contributed by atoms with Gasteiger partial charge in [-0.3, -0.25) is 0 Å². The van der Waals surface area contributed by atoms with Crippen molar-refractivity contribution in [3.8, 4) is 0 Å². The van der Waals surface area contributed by atoms with Crippen LogP contribution in [0.4, 0.5) is 5.69 Å². The van der Waals surface area contributed by atoms with Crippen molar-refractivity contribution in [3.05, 3.63) is 57.6 Å². The molecule has 0 bridgehead atoms. The van der Waals surface area contributed by atoms with Gasteiger partial charge < -0.3 is 5.73 Å². The molecule has 2 aromatic rings. The number of benzene rings is 2. The van der Waals surface area contributed by atoms with Crippen molar-refractivity contribution in [3.63, 3.8) is 0 Å². The molecule has 0 atom stereocenters. The van der Waals surface area contributed by atoms with E-state index in [1.807, 2.05) is 0 Å². The van der Waals surface area contributed by atoms with Gasteiger partial charge in [-0.25, -0.2) is 8.42 Å². The average molecular weight is 330 g/mol. The molecule has 6 heteroatoms. The lowest BCUT2D eigenvalue weighted by atomic mass is 10.2. The molecule has 3 nitrogen and oxygen atoms in total.